The molecule has 1 radical (unpaired) electrons. The third-order valence-corrected chi connectivity index (χ3v) is 3.03. The van der Waals surface area contributed by atoms with Gasteiger partial charge in [-0.15, -0.1) is 0 Å². The zero-order valence-corrected chi connectivity index (χ0v) is 10.9. The zero-order valence-electron chi connectivity index (χ0n) is 9.79. The molecule has 19 heavy (non-hydrogen) atoms. The van der Waals surface area contributed by atoms with E-state index in [-0.39, 0.29) is 11.9 Å². The van der Waals surface area contributed by atoms with Gasteiger partial charge in [-0.05, 0) is 12.1 Å². The summed E-state index contributed by atoms with van der Waals surface area (Å²) in [5.74, 6) is -1.61. The van der Waals surface area contributed by atoms with Crippen LogP contribution in [-0.2, 0) is 17.2 Å². The summed E-state index contributed by atoms with van der Waals surface area (Å²) in [5, 5.41) is 2.45. The predicted molar refractivity (Wildman–Crippen MR) is 63.9 cm³/mol. The molecule has 0 aromatic heterocycles. The van der Waals surface area contributed by atoms with Gasteiger partial charge in [0, 0.05) is 5.56 Å². The molecule has 1 heterocycles. The van der Waals surface area contributed by atoms with Gasteiger partial charge in [-0.25, -0.2) is 0 Å². The average Bonchev–Trinajstić information content (AvgIpc) is 2.53. The minimum Gasteiger partial charge on any atom is -0.589 e. The Morgan fingerprint density at radius 1 is 1.21 bits per heavy atom. The molecule has 0 saturated carbocycles. The number of hydrogen-bond acceptors (Lipinski definition) is 5. The molecule has 1 aromatic carbocycles. The van der Waals surface area contributed by atoms with E-state index >= 15 is 0 Å². The molecule has 0 bridgehead atoms. The number of amides is 1. The molecule has 1 aliphatic heterocycles. The number of benzene rings is 1. The first-order chi connectivity index (χ1) is 8.66. The van der Waals surface area contributed by atoms with E-state index in [9.17, 15) is 14.4 Å². The van der Waals surface area contributed by atoms with Crippen molar-refractivity contribution < 1.29 is 27.4 Å². The summed E-state index contributed by atoms with van der Waals surface area (Å²) >= 11 is -1.12. The van der Waals surface area contributed by atoms with Gasteiger partial charge in [0.1, 0.15) is 6.04 Å². The smallest absolute Gasteiger partial charge is 0.589 e. The fourth-order valence-electron chi connectivity index (χ4n) is 1.45. The highest BCUT2D eigenvalue weighted by Crippen LogP contribution is 2.05. The molecule has 0 spiro atoms. The fourth-order valence-corrected chi connectivity index (χ4v) is 1.96. The quantitative estimate of drug-likeness (QED) is 0.697. The van der Waals surface area contributed by atoms with Crippen LogP contribution < -0.4 is 5.32 Å². The second kappa shape index (κ2) is 6.90. The number of hydrogen-bond donors (Lipinski definition) is 1. The average molecular weight is 280 g/mol. The van der Waals surface area contributed by atoms with Crippen molar-refractivity contribution in [1.29, 1.82) is 0 Å². The summed E-state index contributed by atoms with van der Waals surface area (Å²) in [7, 11) is 0. The van der Waals surface area contributed by atoms with E-state index < -0.39 is 39.8 Å². The molecule has 1 fully saturated rings. The van der Waals surface area contributed by atoms with Crippen LogP contribution in [0.15, 0.2) is 30.3 Å². The van der Waals surface area contributed by atoms with Crippen LogP contribution in [0.25, 0.3) is 0 Å². The van der Waals surface area contributed by atoms with Crippen LogP contribution in [0.3, 0.4) is 0 Å². The summed E-state index contributed by atoms with van der Waals surface area (Å²) in [6.45, 7) is 0. The van der Waals surface area contributed by atoms with E-state index in [0.717, 1.165) is 0 Å². The first-order valence-electron chi connectivity index (χ1n) is 5.24. The number of nitrogens with one attached hydrogen (secondary N) is 1. The molecule has 7 nitrogen and oxygen atoms in total. The van der Waals surface area contributed by atoms with Gasteiger partial charge in [-0.1, -0.05) is 18.2 Å². The third-order valence-electron chi connectivity index (χ3n) is 2.34. The maximum absolute atomic E-state index is 11.8. The summed E-state index contributed by atoms with van der Waals surface area (Å²) in [5.41, 5.74) is 0.412. The van der Waals surface area contributed by atoms with Crippen molar-refractivity contribution in [2.45, 2.75) is 12.5 Å². The molecule has 1 unspecified atom stereocenters. The Kier molecular flexibility index (Phi) is 5.51. The minimum absolute atomic E-state index is 0. The molecule has 3 N–H and O–H groups in total. The standard InChI is InChI=1S/C11H11NO5.Al.H2O/c13-9(14)6-8(11(16)17)12-10(15)7-4-2-1-3-5-7;;/h1-5,8H,6H2,(H,12,15)(H,13,14)(H,16,17);;1H2/q;+2;/p-2. The molecule has 99 valence electrons. The number of rotatable bonds is 2. The minimum atomic E-state index is -1.12. The Labute approximate surface area is 115 Å². The Hall–Kier alpha value is -1.88. The third kappa shape index (κ3) is 4.07. The molecule has 8 heteroatoms. The van der Waals surface area contributed by atoms with Crippen molar-refractivity contribution >= 4 is 33.7 Å². The van der Waals surface area contributed by atoms with Gasteiger partial charge in [0.05, 0.1) is 6.42 Å². The Morgan fingerprint density at radius 3 is 2.58 bits per heavy atom. The first-order valence-corrected chi connectivity index (χ1v) is 6.18. The van der Waals surface area contributed by atoms with Crippen molar-refractivity contribution in [3.8, 4) is 0 Å². The second-order valence-electron chi connectivity index (χ2n) is 3.62. The van der Waals surface area contributed by atoms with E-state index in [0.29, 0.717) is 5.56 Å². The van der Waals surface area contributed by atoms with Crippen LogP contribution in [0, 0.1) is 0 Å². The fraction of sp³-hybridized carbons (Fsp3) is 0.182. The van der Waals surface area contributed by atoms with Gasteiger partial charge in [0.25, 0.3) is 17.8 Å². The number of carbonyl (C=O) groups excluding carboxylic acids is 3. The maximum atomic E-state index is 11.8. The topological polar surface area (TPSA) is 113 Å². The lowest BCUT2D eigenvalue weighted by Gasteiger charge is -2.13. The van der Waals surface area contributed by atoms with Crippen LogP contribution in [-0.4, -0.2) is 45.3 Å². The van der Waals surface area contributed by atoms with Crippen LogP contribution >= 0.6 is 0 Å². The second-order valence-corrected chi connectivity index (χ2v) is 4.28. The highest BCUT2D eigenvalue weighted by molar-refractivity contribution is 6.27. The van der Waals surface area contributed by atoms with Gasteiger partial charge in [0.2, 0.25) is 0 Å². The van der Waals surface area contributed by atoms with Crippen LogP contribution in [0.4, 0.5) is 0 Å². The van der Waals surface area contributed by atoms with Crippen molar-refractivity contribution in [2.75, 3.05) is 0 Å². The van der Waals surface area contributed by atoms with Crippen LogP contribution in [0.5, 0.6) is 0 Å². The van der Waals surface area contributed by atoms with Crippen LogP contribution in [0.1, 0.15) is 16.8 Å². The van der Waals surface area contributed by atoms with E-state index in [1.807, 2.05) is 0 Å². The molecule has 2 rings (SSSR count). The van der Waals surface area contributed by atoms with Gasteiger partial charge in [0.15, 0.2) is 0 Å². The Morgan fingerprint density at radius 2 is 1.89 bits per heavy atom. The van der Waals surface area contributed by atoms with Gasteiger partial charge in [-0.2, -0.15) is 0 Å². The normalized spacial score (nSPS) is 18.0. The molecule has 1 atom stereocenters. The van der Waals surface area contributed by atoms with E-state index in [4.69, 9.17) is 3.79 Å². The van der Waals surface area contributed by atoms with Crippen molar-refractivity contribution in [1.82, 2.24) is 5.32 Å². The number of carbonyl (C=O) groups is 3. The monoisotopic (exact) mass is 280 g/mol. The van der Waals surface area contributed by atoms with Gasteiger partial charge in [-0.3, -0.25) is 14.4 Å². The predicted octanol–water partition coefficient (Wildman–Crippen LogP) is -1.02. The Balaban J connectivity index is 0.00000180. The molecule has 0 aliphatic carbocycles. The van der Waals surface area contributed by atoms with Gasteiger partial charge < -0.3 is 18.4 Å². The molecule has 1 saturated heterocycles. The van der Waals surface area contributed by atoms with E-state index in [1.54, 1.807) is 30.3 Å². The van der Waals surface area contributed by atoms with E-state index in [2.05, 4.69) is 9.11 Å². The molecule has 1 aromatic rings. The summed E-state index contributed by atoms with van der Waals surface area (Å²) in [4.78, 5) is 34.5. The lowest BCUT2D eigenvalue weighted by atomic mass is 10.1. The van der Waals surface area contributed by atoms with Crippen molar-refractivity contribution in [3.05, 3.63) is 35.9 Å². The largest absolute Gasteiger partial charge is 0.885 e. The molecule has 1 aliphatic rings. The lowest BCUT2D eigenvalue weighted by Crippen LogP contribution is -2.42. The van der Waals surface area contributed by atoms with Crippen LogP contribution in [0.2, 0.25) is 0 Å². The SMILES string of the molecule is O.O=C1CC(NC(=O)c2ccccc2)C(=O)[O][Al][O]1. The van der Waals surface area contributed by atoms with E-state index in [1.165, 1.54) is 0 Å². The first kappa shape index (κ1) is 15.2. The maximum Gasteiger partial charge on any atom is 0.885 e. The summed E-state index contributed by atoms with van der Waals surface area (Å²) < 4.78 is 9.35. The summed E-state index contributed by atoms with van der Waals surface area (Å²) in [6.07, 6.45) is -0.204. The highest BCUT2D eigenvalue weighted by Gasteiger charge is 2.31. The lowest BCUT2D eigenvalue weighted by molar-refractivity contribution is -0.137. The molecule has 1 amide bonds. The highest BCUT2D eigenvalue weighted by atomic mass is 27.2. The zero-order chi connectivity index (χ0) is 13.0. The summed E-state index contributed by atoms with van der Waals surface area (Å²) in [6, 6.07) is 7.43. The van der Waals surface area contributed by atoms with Crippen molar-refractivity contribution in [3.63, 3.8) is 0 Å². The molecular weight excluding hydrogens is 269 g/mol. The Bertz CT molecular complexity index is 477. The van der Waals surface area contributed by atoms with Gasteiger partial charge >= 0.3 is 15.9 Å². The molecular formula is C11H11AlNO6. The van der Waals surface area contributed by atoms with Crippen molar-refractivity contribution in [2.24, 2.45) is 0 Å².